The highest BCUT2D eigenvalue weighted by Crippen LogP contribution is 2.20. The van der Waals surface area contributed by atoms with Crippen LogP contribution in [0.5, 0.6) is 5.88 Å². The maximum absolute atomic E-state index is 11.4. The van der Waals surface area contributed by atoms with Gasteiger partial charge in [0.25, 0.3) is 0 Å². The molecular formula is C10H12N2O2. The number of hydrogen-bond acceptors (Lipinski definition) is 3. The number of carbonyl (C=O) groups is 1. The number of rotatable bonds is 2. The van der Waals surface area contributed by atoms with Gasteiger partial charge in [-0.3, -0.25) is 9.69 Å². The molecule has 0 aromatic carbocycles. The SMILES string of the molecule is COc1cccc(N2CCCC2=O)n1. The summed E-state index contributed by atoms with van der Waals surface area (Å²) in [5, 5.41) is 0. The molecule has 0 N–H and O–H groups in total. The molecule has 0 unspecified atom stereocenters. The van der Waals surface area contributed by atoms with Crippen LogP contribution in [0.25, 0.3) is 0 Å². The minimum absolute atomic E-state index is 0.144. The lowest BCUT2D eigenvalue weighted by molar-refractivity contribution is -0.117. The van der Waals surface area contributed by atoms with Crippen molar-refractivity contribution in [3.8, 4) is 5.88 Å². The molecule has 1 amide bonds. The summed E-state index contributed by atoms with van der Waals surface area (Å²) in [7, 11) is 1.57. The monoisotopic (exact) mass is 192 g/mol. The molecule has 1 aliphatic rings. The molecule has 0 radical (unpaired) electrons. The molecule has 0 atom stereocenters. The fourth-order valence-corrected chi connectivity index (χ4v) is 1.56. The van der Waals surface area contributed by atoms with E-state index in [0.717, 1.165) is 13.0 Å². The lowest BCUT2D eigenvalue weighted by Crippen LogP contribution is -2.24. The van der Waals surface area contributed by atoms with Crippen molar-refractivity contribution in [2.75, 3.05) is 18.6 Å². The number of amides is 1. The van der Waals surface area contributed by atoms with Gasteiger partial charge in [0.2, 0.25) is 11.8 Å². The van der Waals surface area contributed by atoms with Crippen LogP contribution in [0.3, 0.4) is 0 Å². The standard InChI is InChI=1S/C10H12N2O2/c1-14-9-5-2-4-8(11-9)12-7-3-6-10(12)13/h2,4-5H,3,6-7H2,1H3. The summed E-state index contributed by atoms with van der Waals surface area (Å²) in [6.07, 6.45) is 1.54. The van der Waals surface area contributed by atoms with Crippen LogP contribution in [0.15, 0.2) is 18.2 Å². The number of carbonyl (C=O) groups excluding carboxylic acids is 1. The van der Waals surface area contributed by atoms with Gasteiger partial charge in [-0.15, -0.1) is 0 Å². The first-order valence-electron chi connectivity index (χ1n) is 4.62. The highest BCUT2D eigenvalue weighted by molar-refractivity contribution is 5.94. The van der Waals surface area contributed by atoms with Crippen LogP contribution in [-0.4, -0.2) is 24.5 Å². The van der Waals surface area contributed by atoms with E-state index in [-0.39, 0.29) is 5.91 Å². The predicted molar refractivity (Wildman–Crippen MR) is 52.4 cm³/mol. The maximum atomic E-state index is 11.4. The van der Waals surface area contributed by atoms with Crippen molar-refractivity contribution < 1.29 is 9.53 Å². The molecule has 74 valence electrons. The zero-order chi connectivity index (χ0) is 9.97. The number of pyridine rings is 1. The average molecular weight is 192 g/mol. The number of methoxy groups -OCH3 is 1. The molecule has 1 aromatic rings. The van der Waals surface area contributed by atoms with Gasteiger partial charge in [-0.05, 0) is 12.5 Å². The minimum atomic E-state index is 0.144. The molecule has 0 bridgehead atoms. The Morgan fingerprint density at radius 3 is 3.00 bits per heavy atom. The highest BCUT2D eigenvalue weighted by Gasteiger charge is 2.22. The molecule has 0 saturated carbocycles. The van der Waals surface area contributed by atoms with E-state index in [1.807, 2.05) is 12.1 Å². The van der Waals surface area contributed by atoms with Gasteiger partial charge < -0.3 is 4.74 Å². The molecule has 1 aromatic heterocycles. The third-order valence-electron chi connectivity index (χ3n) is 2.27. The van der Waals surface area contributed by atoms with Crippen molar-refractivity contribution in [1.29, 1.82) is 0 Å². The van der Waals surface area contributed by atoms with Gasteiger partial charge >= 0.3 is 0 Å². The van der Waals surface area contributed by atoms with Crippen LogP contribution in [0.1, 0.15) is 12.8 Å². The number of anilines is 1. The molecule has 2 rings (SSSR count). The second-order valence-corrected chi connectivity index (χ2v) is 3.19. The molecular weight excluding hydrogens is 180 g/mol. The number of nitrogens with zero attached hydrogens (tertiary/aromatic N) is 2. The largest absolute Gasteiger partial charge is 0.481 e. The molecule has 0 aliphatic carbocycles. The Labute approximate surface area is 82.5 Å². The fraction of sp³-hybridized carbons (Fsp3) is 0.400. The van der Waals surface area contributed by atoms with Gasteiger partial charge in [-0.1, -0.05) is 6.07 Å². The van der Waals surface area contributed by atoms with E-state index in [1.54, 1.807) is 18.1 Å². The van der Waals surface area contributed by atoms with Crippen molar-refractivity contribution in [2.45, 2.75) is 12.8 Å². The predicted octanol–water partition coefficient (Wildman–Crippen LogP) is 1.22. The summed E-state index contributed by atoms with van der Waals surface area (Å²) in [5.41, 5.74) is 0. The van der Waals surface area contributed by atoms with Crippen LogP contribution in [0.2, 0.25) is 0 Å². The first-order chi connectivity index (χ1) is 6.81. The third kappa shape index (κ3) is 1.55. The summed E-state index contributed by atoms with van der Waals surface area (Å²) in [5.74, 6) is 1.37. The lowest BCUT2D eigenvalue weighted by atomic mass is 10.4. The van der Waals surface area contributed by atoms with Crippen LogP contribution in [0.4, 0.5) is 5.82 Å². The van der Waals surface area contributed by atoms with E-state index in [2.05, 4.69) is 4.98 Å². The van der Waals surface area contributed by atoms with Gasteiger partial charge in [-0.25, -0.2) is 0 Å². The summed E-state index contributed by atoms with van der Waals surface area (Å²) in [4.78, 5) is 17.3. The average Bonchev–Trinajstić information content (AvgIpc) is 2.65. The summed E-state index contributed by atoms with van der Waals surface area (Å²) >= 11 is 0. The molecule has 0 spiro atoms. The Morgan fingerprint density at radius 1 is 1.50 bits per heavy atom. The van der Waals surface area contributed by atoms with Crippen LogP contribution in [0, 0.1) is 0 Å². The molecule has 2 heterocycles. The van der Waals surface area contributed by atoms with E-state index >= 15 is 0 Å². The number of ether oxygens (including phenoxy) is 1. The zero-order valence-electron chi connectivity index (χ0n) is 8.06. The van der Waals surface area contributed by atoms with Gasteiger partial charge in [-0.2, -0.15) is 4.98 Å². The van der Waals surface area contributed by atoms with Crippen LogP contribution < -0.4 is 9.64 Å². The summed E-state index contributed by atoms with van der Waals surface area (Å²) < 4.78 is 5.00. The second-order valence-electron chi connectivity index (χ2n) is 3.19. The Morgan fingerprint density at radius 2 is 2.36 bits per heavy atom. The molecule has 1 aliphatic heterocycles. The van der Waals surface area contributed by atoms with Crippen molar-refractivity contribution in [3.63, 3.8) is 0 Å². The number of hydrogen-bond donors (Lipinski definition) is 0. The van der Waals surface area contributed by atoms with E-state index in [1.165, 1.54) is 0 Å². The van der Waals surface area contributed by atoms with E-state index in [4.69, 9.17) is 4.74 Å². The van der Waals surface area contributed by atoms with Crippen molar-refractivity contribution in [2.24, 2.45) is 0 Å². The third-order valence-corrected chi connectivity index (χ3v) is 2.27. The van der Waals surface area contributed by atoms with Crippen molar-refractivity contribution >= 4 is 11.7 Å². The van der Waals surface area contributed by atoms with Gasteiger partial charge in [0.05, 0.1) is 7.11 Å². The molecule has 4 nitrogen and oxygen atoms in total. The maximum Gasteiger partial charge on any atom is 0.228 e. The van der Waals surface area contributed by atoms with Crippen molar-refractivity contribution in [3.05, 3.63) is 18.2 Å². The highest BCUT2D eigenvalue weighted by atomic mass is 16.5. The summed E-state index contributed by atoms with van der Waals surface area (Å²) in [6, 6.07) is 5.43. The van der Waals surface area contributed by atoms with E-state index in [0.29, 0.717) is 18.1 Å². The minimum Gasteiger partial charge on any atom is -0.481 e. The first-order valence-corrected chi connectivity index (χ1v) is 4.62. The number of aromatic nitrogens is 1. The Balaban J connectivity index is 2.26. The second kappa shape index (κ2) is 3.65. The Hall–Kier alpha value is -1.58. The quantitative estimate of drug-likeness (QED) is 0.707. The van der Waals surface area contributed by atoms with Crippen LogP contribution in [-0.2, 0) is 4.79 Å². The smallest absolute Gasteiger partial charge is 0.228 e. The molecule has 1 saturated heterocycles. The van der Waals surface area contributed by atoms with Crippen molar-refractivity contribution in [1.82, 2.24) is 4.98 Å². The van der Waals surface area contributed by atoms with Crippen LogP contribution >= 0.6 is 0 Å². The molecule has 4 heteroatoms. The van der Waals surface area contributed by atoms with E-state index in [9.17, 15) is 4.79 Å². The van der Waals surface area contributed by atoms with E-state index < -0.39 is 0 Å². The molecule has 1 fully saturated rings. The van der Waals surface area contributed by atoms with Gasteiger partial charge in [0.15, 0.2) is 0 Å². The topological polar surface area (TPSA) is 42.4 Å². The molecule has 14 heavy (non-hydrogen) atoms. The normalized spacial score (nSPS) is 16.1. The fourth-order valence-electron chi connectivity index (χ4n) is 1.56. The Kier molecular flexibility index (Phi) is 2.35. The lowest BCUT2D eigenvalue weighted by Gasteiger charge is -2.14. The Bertz CT molecular complexity index is 352. The van der Waals surface area contributed by atoms with Gasteiger partial charge in [0.1, 0.15) is 5.82 Å². The van der Waals surface area contributed by atoms with Gasteiger partial charge in [0, 0.05) is 19.0 Å². The summed E-state index contributed by atoms with van der Waals surface area (Å²) in [6.45, 7) is 0.763. The zero-order valence-corrected chi connectivity index (χ0v) is 8.06. The first kappa shape index (κ1) is 8.99.